The molecule has 0 bridgehead atoms. The fourth-order valence-electron chi connectivity index (χ4n) is 3.87. The third-order valence-electron chi connectivity index (χ3n) is 5.25. The normalized spacial score (nSPS) is 18.8. The minimum absolute atomic E-state index is 0.296. The Morgan fingerprint density at radius 2 is 1.85 bits per heavy atom. The molecule has 2 aromatic carbocycles. The third kappa shape index (κ3) is 3.51. The molecule has 0 N–H and O–H groups in total. The van der Waals surface area contributed by atoms with Gasteiger partial charge in [0.25, 0.3) is 10.0 Å². The molecule has 1 aliphatic rings. The van der Waals surface area contributed by atoms with Crippen LogP contribution in [0, 0.1) is 12.8 Å². The lowest BCUT2D eigenvalue weighted by Crippen LogP contribution is -2.35. The molecule has 1 aromatic heterocycles. The number of likely N-dealkylation sites (tertiary alicyclic amines) is 1. The van der Waals surface area contributed by atoms with Crippen molar-refractivity contribution < 1.29 is 8.42 Å². The number of aromatic nitrogens is 2. The summed E-state index contributed by atoms with van der Waals surface area (Å²) in [7, 11) is -3.71. The highest BCUT2D eigenvalue weighted by Gasteiger charge is 2.26. The summed E-state index contributed by atoms with van der Waals surface area (Å²) in [5.41, 5.74) is 2.39. The zero-order valence-electron chi connectivity index (χ0n) is 15.8. The molecule has 1 fully saturated rings. The fraction of sp³-hybridized carbons (Fsp3) is 0.381. The Kier molecular flexibility index (Phi) is 4.78. The molecule has 5 nitrogen and oxygen atoms in total. The number of para-hydroxylation sites is 2. The van der Waals surface area contributed by atoms with Gasteiger partial charge in [0, 0.05) is 6.54 Å². The van der Waals surface area contributed by atoms with E-state index in [1.807, 2.05) is 43.3 Å². The Hall–Kier alpha value is -2.18. The molecule has 0 saturated carbocycles. The van der Waals surface area contributed by atoms with Crippen molar-refractivity contribution in [2.75, 3.05) is 13.1 Å². The average Bonchev–Trinajstić information content (AvgIpc) is 3.00. The van der Waals surface area contributed by atoms with Crippen molar-refractivity contribution in [2.24, 2.45) is 5.92 Å². The van der Waals surface area contributed by atoms with Crippen molar-refractivity contribution in [3.63, 3.8) is 0 Å². The summed E-state index contributed by atoms with van der Waals surface area (Å²) in [6, 6.07) is 14.5. The van der Waals surface area contributed by atoms with Crippen LogP contribution in [0.15, 0.2) is 53.4 Å². The van der Waals surface area contributed by atoms with Gasteiger partial charge in [-0.05, 0) is 56.5 Å². The summed E-state index contributed by atoms with van der Waals surface area (Å²) in [5, 5.41) is 0. The molecule has 0 radical (unpaired) electrons. The SMILES string of the molecule is Cc1ccc(S(=O)(=O)n2c(CN3CCC[C@@H](C)C3)nc3ccccc32)cc1. The van der Waals surface area contributed by atoms with Gasteiger partial charge < -0.3 is 0 Å². The highest BCUT2D eigenvalue weighted by Crippen LogP contribution is 2.25. The second-order valence-electron chi connectivity index (χ2n) is 7.58. The van der Waals surface area contributed by atoms with E-state index in [0.717, 1.165) is 25.1 Å². The van der Waals surface area contributed by atoms with E-state index in [9.17, 15) is 8.42 Å². The van der Waals surface area contributed by atoms with Crippen molar-refractivity contribution in [3.8, 4) is 0 Å². The van der Waals surface area contributed by atoms with Crippen LogP contribution in [0.5, 0.6) is 0 Å². The minimum atomic E-state index is -3.71. The van der Waals surface area contributed by atoms with Crippen molar-refractivity contribution in [1.82, 2.24) is 13.9 Å². The van der Waals surface area contributed by atoms with Crippen LogP contribution >= 0.6 is 0 Å². The molecule has 0 unspecified atom stereocenters. The monoisotopic (exact) mass is 383 g/mol. The maximum absolute atomic E-state index is 13.5. The average molecular weight is 384 g/mol. The maximum Gasteiger partial charge on any atom is 0.269 e. The minimum Gasteiger partial charge on any atom is -0.296 e. The van der Waals surface area contributed by atoms with Gasteiger partial charge in [0.1, 0.15) is 5.82 Å². The van der Waals surface area contributed by atoms with Crippen LogP contribution in [-0.4, -0.2) is 35.4 Å². The van der Waals surface area contributed by atoms with E-state index in [1.54, 1.807) is 12.1 Å². The standard InChI is InChI=1S/C21H25N3O2S/c1-16-9-11-18(12-10-16)27(25,26)24-20-8-4-3-7-19(20)22-21(24)15-23-13-5-6-17(2)14-23/h3-4,7-12,17H,5-6,13-15H2,1-2H3/t17-/m1/s1. The van der Waals surface area contributed by atoms with E-state index in [2.05, 4.69) is 16.8 Å². The first kappa shape index (κ1) is 18.2. The number of hydrogen-bond donors (Lipinski definition) is 0. The molecule has 27 heavy (non-hydrogen) atoms. The summed E-state index contributed by atoms with van der Waals surface area (Å²) in [6.45, 7) is 6.71. The van der Waals surface area contributed by atoms with Gasteiger partial charge in [-0.25, -0.2) is 17.4 Å². The van der Waals surface area contributed by atoms with Gasteiger partial charge in [-0.1, -0.05) is 36.8 Å². The molecule has 142 valence electrons. The van der Waals surface area contributed by atoms with Gasteiger partial charge in [0.05, 0.1) is 22.5 Å². The van der Waals surface area contributed by atoms with Crippen LogP contribution in [0.4, 0.5) is 0 Å². The van der Waals surface area contributed by atoms with Crippen LogP contribution in [0.3, 0.4) is 0 Å². The largest absolute Gasteiger partial charge is 0.296 e. The molecule has 4 rings (SSSR count). The van der Waals surface area contributed by atoms with Crippen molar-refractivity contribution in [3.05, 3.63) is 59.9 Å². The summed E-state index contributed by atoms with van der Waals surface area (Å²) in [4.78, 5) is 7.30. The van der Waals surface area contributed by atoms with Crippen molar-refractivity contribution >= 4 is 21.1 Å². The number of nitrogens with zero attached hydrogens (tertiary/aromatic N) is 3. The van der Waals surface area contributed by atoms with Gasteiger partial charge in [-0.15, -0.1) is 0 Å². The Morgan fingerprint density at radius 3 is 2.59 bits per heavy atom. The Bertz CT molecular complexity index is 1050. The Balaban J connectivity index is 1.81. The number of benzene rings is 2. The van der Waals surface area contributed by atoms with Crippen LogP contribution < -0.4 is 0 Å². The maximum atomic E-state index is 13.5. The molecule has 1 aliphatic heterocycles. The molecular formula is C21H25N3O2S. The first-order chi connectivity index (χ1) is 12.9. The number of hydrogen-bond acceptors (Lipinski definition) is 4. The summed E-state index contributed by atoms with van der Waals surface area (Å²) >= 11 is 0. The van der Waals surface area contributed by atoms with E-state index in [-0.39, 0.29) is 0 Å². The third-order valence-corrected chi connectivity index (χ3v) is 7.01. The summed E-state index contributed by atoms with van der Waals surface area (Å²) in [6.07, 6.45) is 2.38. The molecule has 0 spiro atoms. The van der Waals surface area contributed by atoms with Gasteiger partial charge in [0.15, 0.2) is 0 Å². The molecule has 3 aromatic rings. The lowest BCUT2D eigenvalue weighted by atomic mass is 10.0. The number of rotatable bonds is 4. The first-order valence-corrected chi connectivity index (χ1v) is 10.9. The van der Waals surface area contributed by atoms with Gasteiger partial charge in [0.2, 0.25) is 0 Å². The quantitative estimate of drug-likeness (QED) is 0.687. The van der Waals surface area contributed by atoms with E-state index in [1.165, 1.54) is 10.4 Å². The van der Waals surface area contributed by atoms with Crippen molar-refractivity contribution in [1.29, 1.82) is 0 Å². The summed E-state index contributed by atoms with van der Waals surface area (Å²) < 4.78 is 28.3. The lowest BCUT2D eigenvalue weighted by molar-refractivity contribution is 0.173. The van der Waals surface area contributed by atoms with Gasteiger partial charge in [-0.3, -0.25) is 4.90 Å². The van der Waals surface area contributed by atoms with Crippen LogP contribution in [-0.2, 0) is 16.6 Å². The number of fused-ring (bicyclic) bond motifs is 1. The van der Waals surface area contributed by atoms with Crippen LogP contribution in [0.25, 0.3) is 11.0 Å². The molecular weight excluding hydrogens is 358 g/mol. The highest BCUT2D eigenvalue weighted by molar-refractivity contribution is 7.90. The smallest absolute Gasteiger partial charge is 0.269 e. The predicted octanol–water partition coefficient (Wildman–Crippen LogP) is 3.81. The molecule has 1 atom stereocenters. The zero-order valence-corrected chi connectivity index (χ0v) is 16.6. The second-order valence-corrected chi connectivity index (χ2v) is 9.37. The van der Waals surface area contributed by atoms with Crippen LogP contribution in [0.1, 0.15) is 31.2 Å². The van der Waals surface area contributed by atoms with E-state index >= 15 is 0 Å². The fourth-order valence-corrected chi connectivity index (χ4v) is 5.35. The Morgan fingerprint density at radius 1 is 1.11 bits per heavy atom. The molecule has 0 aliphatic carbocycles. The Labute approximate surface area is 160 Å². The topological polar surface area (TPSA) is 55.2 Å². The lowest BCUT2D eigenvalue weighted by Gasteiger charge is -2.30. The molecule has 0 amide bonds. The van der Waals surface area contributed by atoms with E-state index in [0.29, 0.717) is 34.2 Å². The predicted molar refractivity (Wildman–Crippen MR) is 107 cm³/mol. The van der Waals surface area contributed by atoms with E-state index in [4.69, 9.17) is 0 Å². The first-order valence-electron chi connectivity index (χ1n) is 9.46. The second kappa shape index (κ2) is 7.09. The number of piperidine rings is 1. The molecule has 6 heteroatoms. The zero-order chi connectivity index (χ0) is 19.0. The van der Waals surface area contributed by atoms with Crippen LogP contribution in [0.2, 0.25) is 0 Å². The van der Waals surface area contributed by atoms with Gasteiger partial charge in [-0.2, -0.15) is 0 Å². The summed E-state index contributed by atoms with van der Waals surface area (Å²) in [5.74, 6) is 1.22. The number of imidazole rings is 1. The highest BCUT2D eigenvalue weighted by atomic mass is 32.2. The van der Waals surface area contributed by atoms with Crippen molar-refractivity contribution in [2.45, 2.75) is 38.1 Å². The molecule has 1 saturated heterocycles. The number of aryl methyl sites for hydroxylation is 1. The van der Waals surface area contributed by atoms with E-state index < -0.39 is 10.0 Å². The van der Waals surface area contributed by atoms with Gasteiger partial charge >= 0.3 is 0 Å². The molecule has 2 heterocycles.